The minimum absolute atomic E-state index is 0.341. The normalized spacial score (nSPS) is 14.3. The molecule has 0 amide bonds. The molecule has 2 aromatic rings. The first-order valence-electron chi connectivity index (χ1n) is 7.90. The Kier molecular flexibility index (Phi) is 5.75. The lowest BCUT2D eigenvalue weighted by Crippen LogP contribution is -2.36. The van der Waals surface area contributed by atoms with Crippen LogP contribution in [-0.2, 0) is 13.5 Å². The lowest BCUT2D eigenvalue weighted by molar-refractivity contribution is 0.281. The van der Waals surface area contributed by atoms with E-state index in [4.69, 9.17) is 0 Å². The van der Waals surface area contributed by atoms with Gasteiger partial charge in [-0.25, -0.2) is 0 Å². The summed E-state index contributed by atoms with van der Waals surface area (Å²) in [7, 11) is 6.20. The second-order valence-electron chi connectivity index (χ2n) is 6.37. The molecule has 4 nitrogen and oxygen atoms in total. The first-order chi connectivity index (χ1) is 10.5. The van der Waals surface area contributed by atoms with Gasteiger partial charge >= 0.3 is 0 Å². The first kappa shape index (κ1) is 16.7. The lowest BCUT2D eigenvalue weighted by Gasteiger charge is -2.26. The van der Waals surface area contributed by atoms with Gasteiger partial charge in [-0.15, -0.1) is 0 Å². The van der Waals surface area contributed by atoms with E-state index in [0.29, 0.717) is 12.1 Å². The van der Waals surface area contributed by atoms with Crippen LogP contribution in [-0.4, -0.2) is 41.4 Å². The maximum Gasteiger partial charge on any atom is 0.0538 e. The number of nitrogens with one attached hydrogen (secondary N) is 1. The zero-order chi connectivity index (χ0) is 16.1. The van der Waals surface area contributed by atoms with E-state index in [2.05, 4.69) is 73.7 Å². The zero-order valence-corrected chi connectivity index (χ0v) is 14.4. The molecule has 0 unspecified atom stereocenters. The molecule has 22 heavy (non-hydrogen) atoms. The number of nitrogens with zero attached hydrogens (tertiary/aromatic N) is 3. The Hall–Kier alpha value is -1.65. The van der Waals surface area contributed by atoms with Crippen molar-refractivity contribution in [3.8, 4) is 0 Å². The number of aromatic nitrogens is 2. The maximum atomic E-state index is 4.29. The predicted octanol–water partition coefficient (Wildman–Crippen LogP) is 2.55. The van der Waals surface area contributed by atoms with Gasteiger partial charge in [0.05, 0.1) is 6.20 Å². The Bertz CT molecular complexity index is 588. The van der Waals surface area contributed by atoms with E-state index < -0.39 is 0 Å². The van der Waals surface area contributed by atoms with E-state index in [9.17, 15) is 0 Å². The molecule has 0 saturated heterocycles. The van der Waals surface area contributed by atoms with Crippen LogP contribution >= 0.6 is 0 Å². The molecule has 0 spiro atoms. The Balaban J connectivity index is 1.93. The van der Waals surface area contributed by atoms with E-state index in [1.165, 1.54) is 16.7 Å². The van der Waals surface area contributed by atoms with Gasteiger partial charge in [-0.05, 0) is 45.5 Å². The SMILES string of the molecule is Cc1ccccc1C[C@@H](C)NC[C@H](c1cnn(C)c1)N(C)C. The average Bonchev–Trinajstić information content (AvgIpc) is 2.87. The highest BCUT2D eigenvalue weighted by Gasteiger charge is 2.16. The monoisotopic (exact) mass is 300 g/mol. The summed E-state index contributed by atoms with van der Waals surface area (Å²) in [5.74, 6) is 0. The molecular formula is C18H28N4. The topological polar surface area (TPSA) is 33.1 Å². The fraction of sp³-hybridized carbons (Fsp3) is 0.500. The lowest BCUT2D eigenvalue weighted by atomic mass is 10.0. The molecule has 2 rings (SSSR count). The molecule has 0 aliphatic rings. The van der Waals surface area contributed by atoms with Crippen LogP contribution in [0.3, 0.4) is 0 Å². The van der Waals surface area contributed by atoms with Crippen molar-refractivity contribution >= 4 is 0 Å². The van der Waals surface area contributed by atoms with E-state index >= 15 is 0 Å². The Morgan fingerprint density at radius 1 is 1.27 bits per heavy atom. The molecular weight excluding hydrogens is 272 g/mol. The zero-order valence-electron chi connectivity index (χ0n) is 14.4. The maximum absolute atomic E-state index is 4.29. The summed E-state index contributed by atoms with van der Waals surface area (Å²) in [5.41, 5.74) is 4.04. The van der Waals surface area contributed by atoms with Gasteiger partial charge in [0.1, 0.15) is 0 Å². The second kappa shape index (κ2) is 7.56. The van der Waals surface area contributed by atoms with Gasteiger partial charge in [0, 0.05) is 37.4 Å². The highest BCUT2D eigenvalue weighted by molar-refractivity contribution is 5.26. The van der Waals surface area contributed by atoms with Crippen LogP contribution in [0.25, 0.3) is 0 Å². The molecule has 120 valence electrons. The molecule has 0 fully saturated rings. The summed E-state index contributed by atoms with van der Waals surface area (Å²) in [6.07, 6.45) is 5.11. The minimum Gasteiger partial charge on any atom is -0.312 e. The largest absolute Gasteiger partial charge is 0.312 e. The third-order valence-electron chi connectivity index (χ3n) is 4.18. The van der Waals surface area contributed by atoms with Crippen LogP contribution in [0.4, 0.5) is 0 Å². The Morgan fingerprint density at radius 3 is 2.59 bits per heavy atom. The van der Waals surface area contributed by atoms with Gasteiger partial charge in [0.25, 0.3) is 0 Å². The van der Waals surface area contributed by atoms with Crippen LogP contribution in [0.5, 0.6) is 0 Å². The molecule has 0 aliphatic carbocycles. The van der Waals surface area contributed by atoms with Gasteiger partial charge in [-0.2, -0.15) is 5.10 Å². The van der Waals surface area contributed by atoms with Crippen molar-refractivity contribution in [2.75, 3.05) is 20.6 Å². The number of benzene rings is 1. The molecule has 1 heterocycles. The molecule has 1 aromatic heterocycles. The number of rotatable bonds is 7. The van der Waals surface area contributed by atoms with Crippen molar-refractivity contribution in [2.24, 2.45) is 7.05 Å². The molecule has 1 N–H and O–H groups in total. The Labute approximate surface area is 134 Å². The fourth-order valence-corrected chi connectivity index (χ4v) is 2.76. The molecule has 0 aliphatic heterocycles. The van der Waals surface area contributed by atoms with Crippen LogP contribution < -0.4 is 5.32 Å². The summed E-state index contributed by atoms with van der Waals surface area (Å²) in [4.78, 5) is 2.24. The molecule has 0 bridgehead atoms. The number of hydrogen-bond donors (Lipinski definition) is 1. The summed E-state index contributed by atoms with van der Waals surface area (Å²) in [5, 5.41) is 7.96. The highest BCUT2D eigenvalue weighted by Crippen LogP contribution is 2.17. The molecule has 1 aromatic carbocycles. The predicted molar refractivity (Wildman–Crippen MR) is 92.0 cm³/mol. The summed E-state index contributed by atoms with van der Waals surface area (Å²) in [6.45, 7) is 5.36. The summed E-state index contributed by atoms with van der Waals surface area (Å²) < 4.78 is 1.86. The molecule has 0 saturated carbocycles. The van der Waals surface area contributed by atoms with E-state index in [1.807, 2.05) is 17.9 Å². The quantitative estimate of drug-likeness (QED) is 0.853. The van der Waals surface area contributed by atoms with Gasteiger partial charge in [-0.3, -0.25) is 4.68 Å². The highest BCUT2D eigenvalue weighted by atomic mass is 15.2. The number of likely N-dealkylation sites (N-methyl/N-ethyl adjacent to an activating group) is 1. The van der Waals surface area contributed by atoms with Crippen molar-refractivity contribution in [1.29, 1.82) is 0 Å². The number of aryl methyl sites for hydroxylation is 2. The standard InChI is InChI=1S/C18H28N4/c1-14-8-6-7-9-16(14)10-15(2)19-12-18(21(3)4)17-11-20-22(5)13-17/h6-9,11,13,15,18-19H,10,12H2,1-5H3/t15-,18-/m1/s1. The van der Waals surface area contributed by atoms with Crippen molar-refractivity contribution < 1.29 is 0 Å². The first-order valence-corrected chi connectivity index (χ1v) is 7.90. The molecule has 4 heteroatoms. The summed E-state index contributed by atoms with van der Waals surface area (Å²) >= 11 is 0. The number of hydrogen-bond acceptors (Lipinski definition) is 3. The van der Waals surface area contributed by atoms with Gasteiger partial charge in [0.2, 0.25) is 0 Å². The van der Waals surface area contributed by atoms with Crippen LogP contribution in [0, 0.1) is 6.92 Å². The van der Waals surface area contributed by atoms with Crippen LogP contribution in [0.15, 0.2) is 36.7 Å². The molecule has 2 atom stereocenters. The van der Waals surface area contributed by atoms with Crippen molar-refractivity contribution in [3.63, 3.8) is 0 Å². The fourth-order valence-electron chi connectivity index (χ4n) is 2.76. The third-order valence-corrected chi connectivity index (χ3v) is 4.18. The van der Waals surface area contributed by atoms with Crippen LogP contribution in [0.1, 0.15) is 29.7 Å². The summed E-state index contributed by atoms with van der Waals surface area (Å²) in [6, 6.07) is 9.40. The van der Waals surface area contributed by atoms with Gasteiger partial charge < -0.3 is 10.2 Å². The molecule has 0 radical (unpaired) electrons. The van der Waals surface area contributed by atoms with Crippen molar-refractivity contribution in [1.82, 2.24) is 20.0 Å². The van der Waals surface area contributed by atoms with Gasteiger partial charge in [-0.1, -0.05) is 24.3 Å². The smallest absolute Gasteiger partial charge is 0.0538 e. The minimum atomic E-state index is 0.341. The van der Waals surface area contributed by atoms with Gasteiger partial charge in [0.15, 0.2) is 0 Å². The Morgan fingerprint density at radius 2 is 2.00 bits per heavy atom. The van der Waals surface area contributed by atoms with Crippen LogP contribution in [0.2, 0.25) is 0 Å². The van der Waals surface area contributed by atoms with Crippen molar-refractivity contribution in [3.05, 3.63) is 53.3 Å². The average molecular weight is 300 g/mol. The van der Waals surface area contributed by atoms with E-state index in [0.717, 1.165) is 13.0 Å². The second-order valence-corrected chi connectivity index (χ2v) is 6.37. The van der Waals surface area contributed by atoms with E-state index in [1.54, 1.807) is 0 Å². The third kappa shape index (κ3) is 4.42. The van der Waals surface area contributed by atoms with E-state index in [-0.39, 0.29) is 0 Å². The van der Waals surface area contributed by atoms with Crippen molar-refractivity contribution in [2.45, 2.75) is 32.4 Å².